The Kier molecular flexibility index (Phi) is 2.69. The lowest BCUT2D eigenvalue weighted by atomic mass is 9.94. The van der Waals surface area contributed by atoms with Crippen LogP contribution < -0.4 is 11.5 Å². The van der Waals surface area contributed by atoms with E-state index < -0.39 is 5.54 Å². The molecule has 0 aliphatic carbocycles. The summed E-state index contributed by atoms with van der Waals surface area (Å²) in [7, 11) is 1.97. The summed E-state index contributed by atoms with van der Waals surface area (Å²) in [6, 6.07) is 0. The van der Waals surface area contributed by atoms with Gasteiger partial charge >= 0.3 is 0 Å². The second kappa shape index (κ2) is 3.41. The van der Waals surface area contributed by atoms with Crippen LogP contribution in [0.3, 0.4) is 0 Å². The molecule has 1 fully saturated rings. The van der Waals surface area contributed by atoms with Crippen molar-refractivity contribution in [2.45, 2.75) is 24.8 Å². The molecule has 1 atom stereocenters. The smallest absolute Gasteiger partial charge is 0.238 e. The van der Waals surface area contributed by atoms with Gasteiger partial charge in [0.05, 0.1) is 0 Å². The van der Waals surface area contributed by atoms with E-state index in [0.29, 0.717) is 13.0 Å². The van der Waals surface area contributed by atoms with Crippen LogP contribution in [0.2, 0.25) is 0 Å². The molecule has 4 N–H and O–H groups in total. The first-order valence-electron chi connectivity index (χ1n) is 4.32. The Morgan fingerprint density at radius 2 is 2.17 bits per heavy atom. The summed E-state index contributed by atoms with van der Waals surface area (Å²) < 4.78 is 0. The predicted molar refractivity (Wildman–Crippen MR) is 47.5 cm³/mol. The molecule has 1 rings (SSSR count). The first-order chi connectivity index (χ1) is 5.54. The molecule has 1 aliphatic heterocycles. The quantitative estimate of drug-likeness (QED) is 0.547. The lowest BCUT2D eigenvalue weighted by Crippen LogP contribution is -2.57. The number of likely N-dealkylation sites (tertiary alicyclic amines) is 1. The van der Waals surface area contributed by atoms with Gasteiger partial charge in [-0.25, -0.2) is 0 Å². The second-order valence-corrected chi connectivity index (χ2v) is 3.72. The van der Waals surface area contributed by atoms with E-state index >= 15 is 0 Å². The SMILES string of the molecule is CN1CCCCC(N)(C(N)=O)C1. The van der Waals surface area contributed by atoms with Gasteiger partial charge in [0, 0.05) is 6.54 Å². The van der Waals surface area contributed by atoms with Gasteiger partial charge in [0.25, 0.3) is 0 Å². The van der Waals surface area contributed by atoms with Crippen LogP contribution >= 0.6 is 0 Å². The average molecular weight is 171 g/mol. The van der Waals surface area contributed by atoms with Gasteiger partial charge < -0.3 is 16.4 Å². The molecule has 4 nitrogen and oxygen atoms in total. The summed E-state index contributed by atoms with van der Waals surface area (Å²) in [5.74, 6) is -0.378. The van der Waals surface area contributed by atoms with Crippen molar-refractivity contribution in [1.82, 2.24) is 4.90 Å². The van der Waals surface area contributed by atoms with Gasteiger partial charge in [0.1, 0.15) is 5.54 Å². The average Bonchev–Trinajstić information content (AvgIpc) is 2.12. The highest BCUT2D eigenvalue weighted by atomic mass is 16.1. The van der Waals surface area contributed by atoms with Crippen LogP contribution in [-0.2, 0) is 4.79 Å². The van der Waals surface area contributed by atoms with E-state index in [1.807, 2.05) is 7.05 Å². The maximum atomic E-state index is 11.0. The lowest BCUT2D eigenvalue weighted by Gasteiger charge is -2.27. The highest BCUT2D eigenvalue weighted by Gasteiger charge is 2.34. The molecule has 0 radical (unpaired) electrons. The molecule has 0 aromatic heterocycles. The Bertz CT molecular complexity index is 183. The number of rotatable bonds is 1. The van der Waals surface area contributed by atoms with E-state index in [4.69, 9.17) is 11.5 Å². The van der Waals surface area contributed by atoms with Crippen LogP contribution in [0.4, 0.5) is 0 Å². The second-order valence-electron chi connectivity index (χ2n) is 3.72. The van der Waals surface area contributed by atoms with Gasteiger partial charge in [-0.1, -0.05) is 0 Å². The predicted octanol–water partition coefficient (Wildman–Crippen LogP) is -0.715. The maximum Gasteiger partial charge on any atom is 0.238 e. The minimum absolute atomic E-state index is 0.378. The Labute approximate surface area is 72.9 Å². The number of nitrogens with two attached hydrogens (primary N) is 2. The van der Waals surface area contributed by atoms with Crippen molar-refractivity contribution in [3.63, 3.8) is 0 Å². The fraction of sp³-hybridized carbons (Fsp3) is 0.875. The zero-order chi connectivity index (χ0) is 9.19. The Morgan fingerprint density at radius 1 is 1.50 bits per heavy atom. The third-order valence-electron chi connectivity index (χ3n) is 2.46. The summed E-state index contributed by atoms with van der Waals surface area (Å²) in [6.45, 7) is 1.59. The van der Waals surface area contributed by atoms with Crippen molar-refractivity contribution < 1.29 is 4.79 Å². The molecule has 1 unspecified atom stereocenters. The third-order valence-corrected chi connectivity index (χ3v) is 2.46. The summed E-state index contributed by atoms with van der Waals surface area (Å²) >= 11 is 0. The van der Waals surface area contributed by atoms with E-state index in [1.54, 1.807) is 0 Å². The van der Waals surface area contributed by atoms with E-state index in [0.717, 1.165) is 19.4 Å². The van der Waals surface area contributed by atoms with Crippen LogP contribution in [0.5, 0.6) is 0 Å². The number of primary amides is 1. The number of carbonyl (C=O) groups is 1. The van der Waals surface area contributed by atoms with E-state index in [2.05, 4.69) is 4.90 Å². The number of hydrogen-bond donors (Lipinski definition) is 2. The third kappa shape index (κ3) is 1.95. The zero-order valence-corrected chi connectivity index (χ0v) is 7.55. The van der Waals surface area contributed by atoms with Crippen molar-refractivity contribution in [3.8, 4) is 0 Å². The molecular formula is C8H17N3O. The number of likely N-dealkylation sites (N-methyl/N-ethyl adjacent to an activating group) is 1. The minimum atomic E-state index is -0.800. The molecule has 1 saturated heterocycles. The van der Waals surface area contributed by atoms with Crippen molar-refractivity contribution in [1.29, 1.82) is 0 Å². The van der Waals surface area contributed by atoms with Gasteiger partial charge in [-0.05, 0) is 32.9 Å². The first kappa shape index (κ1) is 9.48. The molecular weight excluding hydrogens is 154 g/mol. The van der Waals surface area contributed by atoms with Crippen LogP contribution in [0, 0.1) is 0 Å². The molecule has 0 bridgehead atoms. The Morgan fingerprint density at radius 3 is 2.75 bits per heavy atom. The number of carbonyl (C=O) groups excluding carboxylic acids is 1. The van der Waals surface area contributed by atoms with Crippen molar-refractivity contribution in [2.75, 3.05) is 20.1 Å². The molecule has 0 aromatic rings. The van der Waals surface area contributed by atoms with Gasteiger partial charge in [-0.2, -0.15) is 0 Å². The number of hydrogen-bond acceptors (Lipinski definition) is 3. The molecule has 4 heteroatoms. The molecule has 1 heterocycles. The van der Waals surface area contributed by atoms with Crippen molar-refractivity contribution in [2.24, 2.45) is 11.5 Å². The van der Waals surface area contributed by atoms with Crippen molar-refractivity contribution >= 4 is 5.91 Å². The molecule has 1 amide bonds. The van der Waals surface area contributed by atoms with E-state index in [1.165, 1.54) is 0 Å². The van der Waals surface area contributed by atoms with Gasteiger partial charge in [-0.3, -0.25) is 4.79 Å². The largest absolute Gasteiger partial charge is 0.368 e. The fourth-order valence-electron chi connectivity index (χ4n) is 1.66. The highest BCUT2D eigenvalue weighted by Crippen LogP contribution is 2.16. The molecule has 0 saturated carbocycles. The monoisotopic (exact) mass is 171 g/mol. The van der Waals surface area contributed by atoms with Gasteiger partial charge in [0.2, 0.25) is 5.91 Å². The first-order valence-corrected chi connectivity index (χ1v) is 4.32. The summed E-state index contributed by atoms with van der Waals surface area (Å²) in [5, 5.41) is 0. The topological polar surface area (TPSA) is 72.3 Å². The summed E-state index contributed by atoms with van der Waals surface area (Å²) in [4.78, 5) is 13.1. The fourth-order valence-corrected chi connectivity index (χ4v) is 1.66. The minimum Gasteiger partial charge on any atom is -0.368 e. The normalized spacial score (nSPS) is 32.8. The zero-order valence-electron chi connectivity index (χ0n) is 7.55. The Balaban J connectivity index is 2.67. The standard InChI is InChI=1S/C8H17N3O/c1-11-5-3-2-4-8(10,6-11)7(9)12/h2-6,10H2,1H3,(H2,9,12). The molecule has 0 spiro atoms. The van der Waals surface area contributed by atoms with Crippen LogP contribution in [0.25, 0.3) is 0 Å². The molecule has 12 heavy (non-hydrogen) atoms. The summed E-state index contributed by atoms with van der Waals surface area (Å²) in [6.07, 6.45) is 2.80. The van der Waals surface area contributed by atoms with Crippen LogP contribution in [0.15, 0.2) is 0 Å². The number of amides is 1. The lowest BCUT2D eigenvalue weighted by molar-refractivity contribution is -0.123. The molecule has 70 valence electrons. The van der Waals surface area contributed by atoms with Crippen molar-refractivity contribution in [3.05, 3.63) is 0 Å². The summed E-state index contributed by atoms with van der Waals surface area (Å²) in [5.41, 5.74) is 10.3. The van der Waals surface area contributed by atoms with Gasteiger partial charge in [0.15, 0.2) is 0 Å². The molecule has 0 aromatic carbocycles. The van der Waals surface area contributed by atoms with Crippen LogP contribution in [-0.4, -0.2) is 36.5 Å². The maximum absolute atomic E-state index is 11.0. The van der Waals surface area contributed by atoms with E-state index in [9.17, 15) is 4.79 Å². The number of nitrogens with zero attached hydrogens (tertiary/aromatic N) is 1. The van der Waals surface area contributed by atoms with E-state index in [-0.39, 0.29) is 5.91 Å². The van der Waals surface area contributed by atoms with Gasteiger partial charge in [-0.15, -0.1) is 0 Å². The highest BCUT2D eigenvalue weighted by molar-refractivity contribution is 5.84. The van der Waals surface area contributed by atoms with Crippen LogP contribution in [0.1, 0.15) is 19.3 Å². The Hall–Kier alpha value is -0.610. The molecule has 1 aliphatic rings.